The summed E-state index contributed by atoms with van der Waals surface area (Å²) in [6.07, 6.45) is -0.337. The second kappa shape index (κ2) is 5.43. The van der Waals surface area contributed by atoms with E-state index in [-0.39, 0.29) is 11.8 Å². The molecule has 1 N–H and O–H groups in total. The predicted octanol–water partition coefficient (Wildman–Crippen LogP) is 3.46. The first kappa shape index (κ1) is 15.2. The van der Waals surface area contributed by atoms with Crippen LogP contribution in [0.4, 0.5) is 0 Å². The standard InChI is InChI=1S/C13H21O4P/c1-10-6-7-11(13(2,3)4)12(8-10)17-9-18(14,15)16-5/h6-8H,9H2,1-5H3,(H,14,15). The molecule has 0 radical (unpaired) electrons. The fraction of sp³-hybridized carbons (Fsp3) is 0.538. The minimum atomic E-state index is -3.65. The highest BCUT2D eigenvalue weighted by Crippen LogP contribution is 2.42. The van der Waals surface area contributed by atoms with Gasteiger partial charge < -0.3 is 14.2 Å². The first-order valence-electron chi connectivity index (χ1n) is 5.77. The maximum Gasteiger partial charge on any atom is 0.364 e. The largest absolute Gasteiger partial charge is 0.481 e. The number of aryl methyl sites for hydroxylation is 1. The monoisotopic (exact) mass is 272 g/mol. The van der Waals surface area contributed by atoms with Crippen molar-refractivity contribution in [3.63, 3.8) is 0 Å². The van der Waals surface area contributed by atoms with E-state index in [1.165, 1.54) is 7.11 Å². The molecule has 0 saturated carbocycles. The summed E-state index contributed by atoms with van der Waals surface area (Å²) in [7, 11) is -2.45. The Kier molecular flexibility index (Phi) is 4.60. The molecule has 102 valence electrons. The molecular weight excluding hydrogens is 251 g/mol. The molecular formula is C13H21O4P. The molecule has 0 amide bonds. The van der Waals surface area contributed by atoms with Gasteiger partial charge in [-0.2, -0.15) is 0 Å². The molecule has 1 aromatic carbocycles. The normalized spacial score (nSPS) is 15.2. The quantitative estimate of drug-likeness (QED) is 0.853. The van der Waals surface area contributed by atoms with E-state index in [1.807, 2.05) is 25.1 Å². The number of ether oxygens (including phenoxy) is 1. The maximum absolute atomic E-state index is 11.4. The van der Waals surface area contributed by atoms with Crippen molar-refractivity contribution in [1.29, 1.82) is 0 Å². The molecule has 5 heteroatoms. The predicted molar refractivity (Wildman–Crippen MR) is 72.2 cm³/mol. The van der Waals surface area contributed by atoms with E-state index >= 15 is 0 Å². The molecule has 0 aromatic heterocycles. The molecule has 4 nitrogen and oxygen atoms in total. The van der Waals surface area contributed by atoms with Gasteiger partial charge in [-0.25, -0.2) is 0 Å². The van der Waals surface area contributed by atoms with Gasteiger partial charge >= 0.3 is 7.60 Å². The lowest BCUT2D eigenvalue weighted by atomic mass is 9.86. The topological polar surface area (TPSA) is 55.8 Å². The zero-order chi connectivity index (χ0) is 14.0. The molecule has 0 saturated heterocycles. The molecule has 1 atom stereocenters. The average Bonchev–Trinajstić information content (AvgIpc) is 2.25. The number of hydrogen-bond acceptors (Lipinski definition) is 3. The van der Waals surface area contributed by atoms with Crippen LogP contribution in [0.15, 0.2) is 18.2 Å². The van der Waals surface area contributed by atoms with Crippen LogP contribution in [-0.4, -0.2) is 18.4 Å². The molecule has 0 aliphatic heterocycles. The van der Waals surface area contributed by atoms with Crippen LogP contribution in [0.1, 0.15) is 31.9 Å². The Morgan fingerprint density at radius 1 is 1.33 bits per heavy atom. The van der Waals surface area contributed by atoms with Crippen LogP contribution in [0.3, 0.4) is 0 Å². The van der Waals surface area contributed by atoms with Gasteiger partial charge in [0.05, 0.1) is 0 Å². The Labute approximate surface area is 108 Å². The SMILES string of the molecule is COP(=O)(O)COc1cc(C)ccc1C(C)(C)C. The van der Waals surface area contributed by atoms with E-state index in [1.54, 1.807) is 0 Å². The molecule has 0 aliphatic rings. The lowest BCUT2D eigenvalue weighted by Gasteiger charge is -2.23. The van der Waals surface area contributed by atoms with Crippen LogP contribution in [-0.2, 0) is 14.5 Å². The summed E-state index contributed by atoms with van der Waals surface area (Å²) in [5.41, 5.74) is 1.96. The highest BCUT2D eigenvalue weighted by Gasteiger charge is 2.22. The summed E-state index contributed by atoms with van der Waals surface area (Å²) < 4.78 is 21.4. The van der Waals surface area contributed by atoms with Crippen LogP contribution in [0.2, 0.25) is 0 Å². The third-order valence-corrected chi connectivity index (χ3v) is 3.64. The maximum atomic E-state index is 11.4. The van der Waals surface area contributed by atoms with Crippen molar-refractivity contribution in [2.24, 2.45) is 0 Å². The number of hydrogen-bond donors (Lipinski definition) is 1. The summed E-state index contributed by atoms with van der Waals surface area (Å²) in [4.78, 5) is 9.36. The molecule has 18 heavy (non-hydrogen) atoms. The number of rotatable bonds is 4. The van der Waals surface area contributed by atoms with Crippen molar-refractivity contribution in [1.82, 2.24) is 0 Å². The highest BCUT2D eigenvalue weighted by molar-refractivity contribution is 7.52. The van der Waals surface area contributed by atoms with Crippen LogP contribution in [0, 0.1) is 6.92 Å². The highest BCUT2D eigenvalue weighted by atomic mass is 31.2. The van der Waals surface area contributed by atoms with Crippen LogP contribution >= 0.6 is 7.60 Å². The molecule has 1 unspecified atom stereocenters. The lowest BCUT2D eigenvalue weighted by Crippen LogP contribution is -2.14. The van der Waals surface area contributed by atoms with Gasteiger partial charge in [0.25, 0.3) is 0 Å². The molecule has 0 bridgehead atoms. The van der Waals surface area contributed by atoms with Gasteiger partial charge in [-0.1, -0.05) is 32.9 Å². The van der Waals surface area contributed by atoms with Crippen molar-refractivity contribution < 1.29 is 18.7 Å². The second-order valence-electron chi connectivity index (χ2n) is 5.34. The molecule has 0 fully saturated rings. The van der Waals surface area contributed by atoms with Gasteiger partial charge in [-0.15, -0.1) is 0 Å². The van der Waals surface area contributed by atoms with Gasteiger partial charge in [0.1, 0.15) is 5.75 Å². The fourth-order valence-corrected chi connectivity index (χ4v) is 1.98. The molecule has 0 heterocycles. The van der Waals surface area contributed by atoms with Crippen molar-refractivity contribution in [2.75, 3.05) is 13.5 Å². The Hall–Kier alpha value is -0.830. The van der Waals surface area contributed by atoms with Crippen molar-refractivity contribution in [3.05, 3.63) is 29.3 Å². The van der Waals surface area contributed by atoms with Crippen LogP contribution in [0.25, 0.3) is 0 Å². The second-order valence-corrected chi connectivity index (χ2v) is 7.24. The fourth-order valence-electron chi connectivity index (χ4n) is 1.57. The van der Waals surface area contributed by atoms with E-state index in [9.17, 15) is 9.46 Å². The molecule has 1 aromatic rings. The summed E-state index contributed by atoms with van der Waals surface area (Å²) in [5, 5.41) is 0. The Balaban J connectivity index is 3.01. The van der Waals surface area contributed by atoms with Crippen molar-refractivity contribution in [2.45, 2.75) is 33.1 Å². The van der Waals surface area contributed by atoms with E-state index in [4.69, 9.17) is 4.74 Å². The lowest BCUT2D eigenvalue weighted by molar-refractivity contribution is 0.266. The first-order chi connectivity index (χ1) is 8.15. The smallest absolute Gasteiger partial charge is 0.364 e. The first-order valence-corrected chi connectivity index (χ1v) is 7.53. The third-order valence-electron chi connectivity index (χ3n) is 2.61. The summed E-state index contributed by atoms with van der Waals surface area (Å²) in [6.45, 7) is 8.16. The Bertz CT molecular complexity index is 463. The zero-order valence-electron chi connectivity index (χ0n) is 11.6. The minimum absolute atomic E-state index is 0.0877. The molecule has 0 aliphatic carbocycles. The third kappa shape index (κ3) is 4.13. The van der Waals surface area contributed by atoms with E-state index in [0.717, 1.165) is 11.1 Å². The van der Waals surface area contributed by atoms with Gasteiger partial charge in [-0.3, -0.25) is 4.57 Å². The average molecular weight is 272 g/mol. The summed E-state index contributed by atoms with van der Waals surface area (Å²) >= 11 is 0. The van der Waals surface area contributed by atoms with Gasteiger partial charge in [0, 0.05) is 7.11 Å². The van der Waals surface area contributed by atoms with Crippen molar-refractivity contribution in [3.8, 4) is 5.75 Å². The van der Waals surface area contributed by atoms with Crippen LogP contribution < -0.4 is 4.74 Å². The van der Waals surface area contributed by atoms with Crippen LogP contribution in [0.5, 0.6) is 5.75 Å². The van der Waals surface area contributed by atoms with Crippen molar-refractivity contribution >= 4 is 7.60 Å². The Morgan fingerprint density at radius 3 is 2.44 bits per heavy atom. The summed E-state index contributed by atoms with van der Waals surface area (Å²) in [5.74, 6) is 0.633. The van der Waals surface area contributed by atoms with Gasteiger partial charge in [-0.05, 0) is 29.5 Å². The molecule has 1 rings (SSSR count). The zero-order valence-corrected chi connectivity index (χ0v) is 12.5. The Morgan fingerprint density at radius 2 is 1.94 bits per heavy atom. The minimum Gasteiger partial charge on any atom is -0.481 e. The van der Waals surface area contributed by atoms with Gasteiger partial charge in [0.15, 0.2) is 6.35 Å². The number of benzene rings is 1. The van der Waals surface area contributed by atoms with E-state index < -0.39 is 7.60 Å². The molecule has 0 spiro atoms. The van der Waals surface area contributed by atoms with Gasteiger partial charge in [0.2, 0.25) is 0 Å². The van der Waals surface area contributed by atoms with E-state index in [0.29, 0.717) is 5.75 Å². The summed E-state index contributed by atoms with van der Waals surface area (Å²) in [6, 6.07) is 5.86. The van der Waals surface area contributed by atoms with E-state index in [2.05, 4.69) is 25.3 Å².